The molecule has 2 N–H and O–H groups in total. The minimum Gasteiger partial charge on any atom is -0.475 e. The number of hydrogen-bond acceptors (Lipinski definition) is 5. The van der Waals surface area contributed by atoms with Gasteiger partial charge < -0.3 is 15.2 Å². The Hall–Kier alpha value is -1.36. The molecule has 1 atom stereocenters. The Bertz CT molecular complexity index is 356. The molecule has 18 heavy (non-hydrogen) atoms. The van der Waals surface area contributed by atoms with E-state index in [-0.39, 0.29) is 18.8 Å². The number of anilines is 1. The van der Waals surface area contributed by atoms with Gasteiger partial charge in [0, 0.05) is 24.9 Å². The minimum absolute atomic E-state index is 0.0890. The zero-order chi connectivity index (χ0) is 13.5. The van der Waals surface area contributed by atoms with E-state index >= 15 is 0 Å². The van der Waals surface area contributed by atoms with Crippen LogP contribution in [0.4, 0.5) is 5.95 Å². The molecule has 0 saturated carbocycles. The van der Waals surface area contributed by atoms with E-state index in [4.69, 9.17) is 9.84 Å². The lowest BCUT2D eigenvalue weighted by Gasteiger charge is -2.21. The third kappa shape index (κ3) is 4.87. The van der Waals surface area contributed by atoms with Gasteiger partial charge in [-0.25, -0.2) is 4.98 Å². The van der Waals surface area contributed by atoms with Crippen LogP contribution < -0.4 is 10.1 Å². The molecular formula is C13H23N3O2. The predicted octanol–water partition coefficient (Wildman–Crippen LogP) is 2.08. The Morgan fingerprint density at radius 2 is 2.06 bits per heavy atom. The highest BCUT2D eigenvalue weighted by molar-refractivity contribution is 5.29. The van der Waals surface area contributed by atoms with Crippen molar-refractivity contribution in [2.45, 2.75) is 46.3 Å². The maximum atomic E-state index is 9.03. The maximum Gasteiger partial charge on any atom is 0.226 e. The van der Waals surface area contributed by atoms with E-state index in [9.17, 15) is 0 Å². The van der Waals surface area contributed by atoms with Crippen molar-refractivity contribution in [3.8, 4) is 5.88 Å². The molecule has 0 aromatic carbocycles. The summed E-state index contributed by atoms with van der Waals surface area (Å²) in [6.45, 7) is 8.26. The summed E-state index contributed by atoms with van der Waals surface area (Å²) in [5.74, 6) is 1.50. The van der Waals surface area contributed by atoms with Crippen LogP contribution in [0.1, 0.15) is 34.1 Å². The lowest BCUT2D eigenvalue weighted by atomic mass is 10.0. The van der Waals surface area contributed by atoms with Gasteiger partial charge in [0.2, 0.25) is 11.8 Å². The molecule has 0 radical (unpaired) electrons. The minimum atomic E-state index is 0.0890. The van der Waals surface area contributed by atoms with Gasteiger partial charge in [0.25, 0.3) is 0 Å². The average molecular weight is 253 g/mol. The van der Waals surface area contributed by atoms with Gasteiger partial charge in [-0.3, -0.25) is 0 Å². The fourth-order valence-corrected chi connectivity index (χ4v) is 1.60. The summed E-state index contributed by atoms with van der Waals surface area (Å²) in [6, 6.07) is 1.89. The maximum absolute atomic E-state index is 9.03. The van der Waals surface area contributed by atoms with Crippen molar-refractivity contribution in [1.82, 2.24) is 9.97 Å². The zero-order valence-electron chi connectivity index (χ0n) is 11.6. The Kier molecular flexibility index (Phi) is 5.85. The number of hydrogen-bond donors (Lipinski definition) is 2. The van der Waals surface area contributed by atoms with Crippen LogP contribution in [0.25, 0.3) is 0 Å². The molecule has 102 valence electrons. The van der Waals surface area contributed by atoms with Crippen LogP contribution in [0.2, 0.25) is 0 Å². The molecule has 0 spiro atoms. The lowest BCUT2D eigenvalue weighted by molar-refractivity contribution is 0.232. The second kappa shape index (κ2) is 7.16. The summed E-state index contributed by atoms with van der Waals surface area (Å²) in [5, 5.41) is 12.3. The molecule has 0 bridgehead atoms. The molecule has 1 aromatic rings. The second-order valence-electron chi connectivity index (χ2n) is 4.89. The van der Waals surface area contributed by atoms with E-state index in [0.29, 0.717) is 24.2 Å². The standard InChI is InChI=1S/C13H23N3O2/c1-9(2)11(6-8-17)15-13-14-7-5-12(16-13)18-10(3)4/h5,7,9-11,17H,6,8H2,1-4H3,(H,14,15,16). The molecule has 1 rings (SSSR count). The first kappa shape index (κ1) is 14.7. The Labute approximate surface area is 109 Å². The third-order valence-electron chi connectivity index (χ3n) is 2.55. The number of aliphatic hydroxyl groups is 1. The fraction of sp³-hybridized carbons (Fsp3) is 0.692. The highest BCUT2D eigenvalue weighted by Gasteiger charge is 2.14. The van der Waals surface area contributed by atoms with Crippen LogP contribution in [-0.2, 0) is 0 Å². The number of ether oxygens (including phenoxy) is 1. The molecule has 0 amide bonds. The molecule has 0 aliphatic heterocycles. The van der Waals surface area contributed by atoms with Gasteiger partial charge in [0.05, 0.1) is 6.10 Å². The molecule has 0 aliphatic carbocycles. The number of aliphatic hydroxyl groups excluding tert-OH is 1. The number of nitrogens with zero attached hydrogens (tertiary/aromatic N) is 2. The third-order valence-corrected chi connectivity index (χ3v) is 2.55. The van der Waals surface area contributed by atoms with E-state index in [2.05, 4.69) is 29.1 Å². The molecule has 0 fully saturated rings. The molecular weight excluding hydrogens is 230 g/mol. The summed E-state index contributed by atoms with van der Waals surface area (Å²) < 4.78 is 5.52. The van der Waals surface area contributed by atoms with Crippen molar-refractivity contribution in [3.05, 3.63) is 12.3 Å². The monoisotopic (exact) mass is 253 g/mol. The Morgan fingerprint density at radius 1 is 1.33 bits per heavy atom. The van der Waals surface area contributed by atoms with Gasteiger partial charge >= 0.3 is 0 Å². The van der Waals surface area contributed by atoms with E-state index in [1.54, 1.807) is 12.3 Å². The largest absolute Gasteiger partial charge is 0.475 e. The highest BCUT2D eigenvalue weighted by atomic mass is 16.5. The quantitative estimate of drug-likeness (QED) is 0.778. The predicted molar refractivity (Wildman–Crippen MR) is 71.7 cm³/mol. The van der Waals surface area contributed by atoms with E-state index in [0.717, 1.165) is 0 Å². The Balaban J connectivity index is 2.70. The summed E-state index contributed by atoms with van der Waals surface area (Å²) in [6.07, 6.45) is 2.44. The van der Waals surface area contributed by atoms with Gasteiger partial charge in [-0.1, -0.05) is 13.8 Å². The summed E-state index contributed by atoms with van der Waals surface area (Å²) >= 11 is 0. The van der Waals surface area contributed by atoms with E-state index in [1.807, 2.05) is 13.8 Å². The van der Waals surface area contributed by atoms with Gasteiger partial charge in [-0.05, 0) is 26.2 Å². The number of aromatic nitrogens is 2. The lowest BCUT2D eigenvalue weighted by Crippen LogP contribution is -2.27. The van der Waals surface area contributed by atoms with E-state index < -0.39 is 0 Å². The van der Waals surface area contributed by atoms with E-state index in [1.165, 1.54) is 0 Å². The molecule has 5 heteroatoms. The van der Waals surface area contributed by atoms with Gasteiger partial charge in [-0.2, -0.15) is 4.98 Å². The summed E-state index contributed by atoms with van der Waals surface area (Å²) in [5.41, 5.74) is 0. The smallest absolute Gasteiger partial charge is 0.226 e. The number of rotatable bonds is 7. The topological polar surface area (TPSA) is 67.3 Å². The van der Waals surface area contributed by atoms with Crippen LogP contribution in [-0.4, -0.2) is 33.8 Å². The molecule has 0 aliphatic rings. The van der Waals surface area contributed by atoms with Gasteiger partial charge in [-0.15, -0.1) is 0 Å². The van der Waals surface area contributed by atoms with Crippen LogP contribution in [0, 0.1) is 5.92 Å². The SMILES string of the molecule is CC(C)Oc1ccnc(NC(CCO)C(C)C)n1. The van der Waals surface area contributed by atoms with Crippen molar-refractivity contribution >= 4 is 5.95 Å². The average Bonchev–Trinajstić information content (AvgIpc) is 2.28. The van der Waals surface area contributed by atoms with Crippen molar-refractivity contribution < 1.29 is 9.84 Å². The normalized spacial score (nSPS) is 12.8. The molecule has 1 unspecified atom stereocenters. The summed E-state index contributed by atoms with van der Waals surface area (Å²) in [7, 11) is 0. The molecule has 1 heterocycles. The number of nitrogens with one attached hydrogen (secondary N) is 1. The first-order valence-electron chi connectivity index (χ1n) is 6.40. The van der Waals surface area contributed by atoms with Crippen molar-refractivity contribution in [3.63, 3.8) is 0 Å². The van der Waals surface area contributed by atoms with Crippen molar-refractivity contribution in [2.75, 3.05) is 11.9 Å². The first-order valence-corrected chi connectivity index (χ1v) is 6.40. The van der Waals surface area contributed by atoms with Crippen LogP contribution >= 0.6 is 0 Å². The Morgan fingerprint density at radius 3 is 2.61 bits per heavy atom. The van der Waals surface area contributed by atoms with Gasteiger partial charge in [0.1, 0.15) is 0 Å². The fourth-order valence-electron chi connectivity index (χ4n) is 1.60. The van der Waals surface area contributed by atoms with Gasteiger partial charge in [0.15, 0.2) is 0 Å². The second-order valence-corrected chi connectivity index (χ2v) is 4.89. The van der Waals surface area contributed by atoms with Crippen LogP contribution in [0.3, 0.4) is 0 Å². The van der Waals surface area contributed by atoms with Crippen LogP contribution in [0.5, 0.6) is 5.88 Å². The van der Waals surface area contributed by atoms with Crippen molar-refractivity contribution in [2.24, 2.45) is 5.92 Å². The molecule has 1 aromatic heterocycles. The molecule has 0 saturated heterocycles. The zero-order valence-corrected chi connectivity index (χ0v) is 11.6. The van der Waals surface area contributed by atoms with Crippen LogP contribution in [0.15, 0.2) is 12.3 Å². The first-order chi connectivity index (χ1) is 8.52. The summed E-state index contributed by atoms with van der Waals surface area (Å²) in [4.78, 5) is 8.46. The van der Waals surface area contributed by atoms with Crippen molar-refractivity contribution in [1.29, 1.82) is 0 Å². The molecule has 5 nitrogen and oxygen atoms in total. The highest BCUT2D eigenvalue weighted by Crippen LogP contribution is 2.14.